The number of anilines is 1. The maximum absolute atomic E-state index is 13.4. The number of nitrogens with one attached hydrogen (secondary N) is 1. The number of carbonyl (C=O) groups excluding carboxylic acids is 2. The summed E-state index contributed by atoms with van der Waals surface area (Å²) in [7, 11) is -1.94. The van der Waals surface area contributed by atoms with Crippen LogP contribution in [0.4, 0.5) is 5.69 Å². The molecule has 36 heavy (non-hydrogen) atoms. The Morgan fingerprint density at radius 1 is 1.08 bits per heavy atom. The molecule has 9 heteroatoms. The number of amides is 2. The fourth-order valence-corrected chi connectivity index (χ4v) is 4.93. The lowest BCUT2D eigenvalue weighted by molar-refractivity contribution is -0.141. The van der Waals surface area contributed by atoms with Crippen LogP contribution in [0.2, 0.25) is 0 Å². The van der Waals surface area contributed by atoms with Crippen molar-refractivity contribution in [2.75, 3.05) is 30.8 Å². The predicted octanol–water partition coefficient (Wildman–Crippen LogP) is 3.88. The Kier molecular flexibility index (Phi) is 11.2. The van der Waals surface area contributed by atoms with E-state index in [0.29, 0.717) is 30.8 Å². The lowest BCUT2D eigenvalue weighted by atomic mass is 10.1. The summed E-state index contributed by atoms with van der Waals surface area (Å²) in [6.07, 6.45) is 2.85. The third-order valence-electron chi connectivity index (χ3n) is 5.90. The molecule has 0 aromatic heterocycles. The summed E-state index contributed by atoms with van der Waals surface area (Å²) in [4.78, 5) is 27.9. The largest absolute Gasteiger partial charge is 0.497 e. The van der Waals surface area contributed by atoms with Gasteiger partial charge in [0.25, 0.3) is 0 Å². The topological polar surface area (TPSA) is 96.0 Å². The van der Waals surface area contributed by atoms with Gasteiger partial charge in [-0.25, -0.2) is 8.42 Å². The van der Waals surface area contributed by atoms with E-state index in [1.54, 1.807) is 24.1 Å². The molecule has 0 bridgehead atoms. The smallest absolute Gasteiger partial charge is 0.242 e. The van der Waals surface area contributed by atoms with Gasteiger partial charge in [-0.3, -0.25) is 13.9 Å². The highest BCUT2D eigenvalue weighted by atomic mass is 32.2. The van der Waals surface area contributed by atoms with Crippen LogP contribution in [0, 0.1) is 6.92 Å². The van der Waals surface area contributed by atoms with Crippen molar-refractivity contribution in [3.05, 3.63) is 59.7 Å². The quantitative estimate of drug-likeness (QED) is 0.410. The first-order valence-electron chi connectivity index (χ1n) is 12.3. The minimum absolute atomic E-state index is 0.111. The Bertz CT molecular complexity index is 1100. The average molecular weight is 518 g/mol. The van der Waals surface area contributed by atoms with Crippen LogP contribution < -0.4 is 14.4 Å². The number of nitrogens with zero attached hydrogens (tertiary/aromatic N) is 2. The molecule has 2 rings (SSSR count). The monoisotopic (exact) mass is 517 g/mol. The molecule has 1 atom stereocenters. The van der Waals surface area contributed by atoms with Crippen molar-refractivity contribution in [3.63, 3.8) is 0 Å². The van der Waals surface area contributed by atoms with Crippen LogP contribution in [-0.4, -0.2) is 57.6 Å². The maximum Gasteiger partial charge on any atom is 0.242 e. The zero-order valence-electron chi connectivity index (χ0n) is 22.0. The van der Waals surface area contributed by atoms with Gasteiger partial charge in [0.1, 0.15) is 11.8 Å². The zero-order valence-corrected chi connectivity index (χ0v) is 22.8. The molecule has 0 spiro atoms. The van der Waals surface area contributed by atoms with Gasteiger partial charge in [0, 0.05) is 26.1 Å². The van der Waals surface area contributed by atoms with Crippen molar-refractivity contribution in [1.82, 2.24) is 10.2 Å². The Morgan fingerprint density at radius 2 is 1.78 bits per heavy atom. The maximum atomic E-state index is 13.4. The van der Waals surface area contributed by atoms with E-state index >= 15 is 0 Å². The molecule has 0 aliphatic carbocycles. The van der Waals surface area contributed by atoms with Crippen LogP contribution in [0.1, 0.15) is 50.7 Å². The van der Waals surface area contributed by atoms with Crippen molar-refractivity contribution in [2.45, 2.75) is 59.0 Å². The van der Waals surface area contributed by atoms with Crippen molar-refractivity contribution < 1.29 is 22.7 Å². The van der Waals surface area contributed by atoms with E-state index in [4.69, 9.17) is 4.74 Å². The molecule has 0 saturated carbocycles. The zero-order chi connectivity index (χ0) is 26.7. The molecule has 0 aliphatic rings. The minimum atomic E-state index is -3.52. The molecule has 0 fully saturated rings. The van der Waals surface area contributed by atoms with Crippen molar-refractivity contribution in [2.24, 2.45) is 0 Å². The molecule has 8 nitrogen and oxygen atoms in total. The van der Waals surface area contributed by atoms with Crippen LogP contribution >= 0.6 is 0 Å². The van der Waals surface area contributed by atoms with Crippen LogP contribution in [0.25, 0.3) is 0 Å². The summed E-state index contributed by atoms with van der Waals surface area (Å²) < 4.78 is 31.5. The molecule has 1 N–H and O–H groups in total. The molecule has 0 aliphatic heterocycles. The Labute approximate surface area is 215 Å². The van der Waals surface area contributed by atoms with Crippen molar-refractivity contribution in [1.29, 1.82) is 0 Å². The highest BCUT2D eigenvalue weighted by Gasteiger charge is 2.28. The highest BCUT2D eigenvalue weighted by Crippen LogP contribution is 2.21. The van der Waals surface area contributed by atoms with Gasteiger partial charge in [0.15, 0.2) is 0 Å². The van der Waals surface area contributed by atoms with Gasteiger partial charge in [-0.1, -0.05) is 43.7 Å². The third kappa shape index (κ3) is 8.55. The summed E-state index contributed by atoms with van der Waals surface area (Å²) in [5.41, 5.74) is 2.44. The minimum Gasteiger partial charge on any atom is -0.497 e. The van der Waals surface area contributed by atoms with Gasteiger partial charge in [-0.05, 0) is 56.0 Å². The summed E-state index contributed by atoms with van der Waals surface area (Å²) in [6.45, 7) is 6.75. The van der Waals surface area contributed by atoms with Crippen molar-refractivity contribution >= 4 is 27.5 Å². The second-order valence-electron chi connectivity index (χ2n) is 8.86. The summed E-state index contributed by atoms with van der Waals surface area (Å²) >= 11 is 0. The van der Waals surface area contributed by atoms with E-state index in [2.05, 4.69) is 5.32 Å². The molecular formula is C27H39N3O5S. The number of hydrogen-bond donors (Lipinski definition) is 1. The van der Waals surface area contributed by atoms with E-state index in [9.17, 15) is 18.0 Å². The Morgan fingerprint density at radius 3 is 2.36 bits per heavy atom. The highest BCUT2D eigenvalue weighted by molar-refractivity contribution is 7.92. The number of sulfonamides is 1. The van der Waals surface area contributed by atoms with E-state index in [1.165, 1.54) is 4.31 Å². The van der Waals surface area contributed by atoms with Crippen molar-refractivity contribution in [3.8, 4) is 5.75 Å². The first-order valence-corrected chi connectivity index (χ1v) is 14.2. The van der Waals surface area contributed by atoms with E-state index in [0.717, 1.165) is 23.8 Å². The molecule has 198 valence electrons. The van der Waals surface area contributed by atoms with E-state index in [-0.39, 0.29) is 31.3 Å². The first kappa shape index (κ1) is 29.2. The molecule has 2 aromatic carbocycles. The van der Waals surface area contributed by atoms with E-state index < -0.39 is 16.1 Å². The lowest BCUT2D eigenvalue weighted by Crippen LogP contribution is -2.49. The fraction of sp³-hybridized carbons (Fsp3) is 0.481. The SMILES string of the molecule is CCCNC(=O)[C@@H](CC)N(Cc1cccc(OC)c1)C(=O)CCCN(c1ccc(C)cc1)S(C)(=O)=O. The molecule has 2 aromatic rings. The van der Waals surface area contributed by atoms with Gasteiger partial charge in [0.2, 0.25) is 21.8 Å². The van der Waals surface area contributed by atoms with Gasteiger partial charge in [0.05, 0.1) is 19.1 Å². The number of hydrogen-bond acceptors (Lipinski definition) is 5. The van der Waals surface area contributed by atoms with E-state index in [1.807, 2.05) is 57.2 Å². The van der Waals surface area contributed by atoms with Crippen LogP contribution in [-0.2, 0) is 26.2 Å². The number of rotatable bonds is 14. The molecule has 0 saturated heterocycles. The first-order chi connectivity index (χ1) is 17.1. The second-order valence-corrected chi connectivity index (χ2v) is 10.8. The number of ether oxygens (including phenoxy) is 1. The average Bonchev–Trinajstić information content (AvgIpc) is 2.85. The molecular weight excluding hydrogens is 478 g/mol. The summed E-state index contributed by atoms with van der Waals surface area (Å²) in [5.74, 6) is 0.284. The number of aryl methyl sites for hydroxylation is 1. The Hall–Kier alpha value is -3.07. The summed E-state index contributed by atoms with van der Waals surface area (Å²) in [6, 6.07) is 14.0. The second kappa shape index (κ2) is 13.9. The molecule has 0 radical (unpaired) electrons. The standard InChI is InChI=1S/C27H39N3O5S/c1-6-17-28-27(32)25(7-2)29(20-22-10-8-11-24(19-22)35-4)26(31)12-9-18-30(36(5,33)34)23-15-13-21(3)14-16-23/h8,10-11,13-16,19,25H,6-7,9,12,17-18,20H2,1-5H3,(H,28,32)/t25-/m1/s1. The van der Waals surface area contributed by atoms with Crippen LogP contribution in [0.3, 0.4) is 0 Å². The number of carbonyl (C=O) groups is 2. The van der Waals surface area contributed by atoms with Gasteiger partial charge in [-0.15, -0.1) is 0 Å². The fourth-order valence-electron chi connectivity index (χ4n) is 3.97. The normalized spacial score (nSPS) is 12.0. The molecule has 0 unspecified atom stereocenters. The molecule has 0 heterocycles. The summed E-state index contributed by atoms with van der Waals surface area (Å²) in [5, 5.41) is 2.90. The molecule has 2 amide bonds. The third-order valence-corrected chi connectivity index (χ3v) is 7.09. The van der Waals surface area contributed by atoms with Crippen LogP contribution in [0.15, 0.2) is 48.5 Å². The predicted molar refractivity (Wildman–Crippen MR) is 144 cm³/mol. The number of methoxy groups -OCH3 is 1. The lowest BCUT2D eigenvalue weighted by Gasteiger charge is -2.31. The van der Waals surface area contributed by atoms with Gasteiger partial charge >= 0.3 is 0 Å². The van der Waals surface area contributed by atoms with Gasteiger partial charge < -0.3 is 15.0 Å². The van der Waals surface area contributed by atoms with Crippen LogP contribution in [0.5, 0.6) is 5.75 Å². The van der Waals surface area contributed by atoms with Gasteiger partial charge in [-0.2, -0.15) is 0 Å². The Balaban J connectivity index is 2.21. The number of benzene rings is 2.